The standard InChI is InChI=1S/C8H11NO4S3/c1-6-5-7(8(15-6)9(10)11)14-3-4-16(2,12)13/h5H,3-4H2,1-2H3. The minimum absolute atomic E-state index is 0.0315. The molecule has 0 aliphatic rings. The van der Waals surface area contributed by atoms with E-state index in [4.69, 9.17) is 0 Å². The van der Waals surface area contributed by atoms with E-state index in [9.17, 15) is 18.5 Å². The first kappa shape index (κ1) is 13.5. The van der Waals surface area contributed by atoms with Gasteiger partial charge in [-0.1, -0.05) is 11.3 Å². The first-order valence-corrected chi connectivity index (χ1v) is 8.21. The van der Waals surface area contributed by atoms with Crippen LogP contribution >= 0.6 is 23.1 Å². The van der Waals surface area contributed by atoms with Gasteiger partial charge in [0.2, 0.25) is 0 Å². The molecule has 0 saturated heterocycles. The Morgan fingerprint density at radius 2 is 2.19 bits per heavy atom. The Kier molecular flexibility index (Phi) is 4.34. The number of rotatable bonds is 5. The second-order valence-corrected chi connectivity index (χ2v) is 7.89. The fourth-order valence-corrected chi connectivity index (χ4v) is 4.33. The Labute approximate surface area is 102 Å². The number of nitrogens with zero attached hydrogens (tertiary/aromatic N) is 1. The van der Waals surface area contributed by atoms with Gasteiger partial charge >= 0.3 is 5.00 Å². The van der Waals surface area contributed by atoms with E-state index in [1.807, 2.05) is 0 Å². The quantitative estimate of drug-likeness (QED) is 0.469. The third kappa shape index (κ3) is 4.11. The monoisotopic (exact) mass is 281 g/mol. The van der Waals surface area contributed by atoms with Gasteiger partial charge in [-0.15, -0.1) is 11.8 Å². The molecule has 0 N–H and O–H groups in total. The third-order valence-electron chi connectivity index (χ3n) is 1.68. The molecular formula is C8H11NO4S3. The van der Waals surface area contributed by atoms with Crippen molar-refractivity contribution in [2.24, 2.45) is 0 Å². The molecule has 0 radical (unpaired) electrons. The molecule has 0 amide bonds. The van der Waals surface area contributed by atoms with Crippen molar-refractivity contribution in [2.75, 3.05) is 17.8 Å². The summed E-state index contributed by atoms with van der Waals surface area (Å²) in [6.45, 7) is 1.79. The van der Waals surface area contributed by atoms with Gasteiger partial charge in [0.05, 0.1) is 15.6 Å². The lowest BCUT2D eigenvalue weighted by molar-refractivity contribution is -0.382. The van der Waals surface area contributed by atoms with Crippen LogP contribution in [0.3, 0.4) is 0 Å². The van der Waals surface area contributed by atoms with Crippen LogP contribution in [0.2, 0.25) is 0 Å². The van der Waals surface area contributed by atoms with Gasteiger partial charge in [-0.3, -0.25) is 10.1 Å². The molecule has 1 rings (SSSR count). The summed E-state index contributed by atoms with van der Waals surface area (Å²) in [7, 11) is -3.01. The zero-order valence-electron chi connectivity index (χ0n) is 8.80. The zero-order valence-corrected chi connectivity index (χ0v) is 11.2. The molecule has 0 fully saturated rings. The maximum Gasteiger partial charge on any atom is 0.337 e. The van der Waals surface area contributed by atoms with E-state index in [2.05, 4.69) is 0 Å². The van der Waals surface area contributed by atoms with Gasteiger partial charge in [0.15, 0.2) is 0 Å². The fraction of sp³-hybridized carbons (Fsp3) is 0.500. The average molecular weight is 281 g/mol. The SMILES string of the molecule is Cc1cc(SCCS(C)(=O)=O)c([N+](=O)[O-])s1. The molecule has 0 aromatic carbocycles. The lowest BCUT2D eigenvalue weighted by Crippen LogP contribution is -2.04. The van der Waals surface area contributed by atoms with Crippen molar-refractivity contribution in [1.82, 2.24) is 0 Å². The van der Waals surface area contributed by atoms with Crippen molar-refractivity contribution in [2.45, 2.75) is 11.8 Å². The second-order valence-electron chi connectivity index (χ2n) is 3.26. The van der Waals surface area contributed by atoms with Gasteiger partial charge in [0.25, 0.3) is 0 Å². The lowest BCUT2D eigenvalue weighted by Gasteiger charge is -1.97. The summed E-state index contributed by atoms with van der Waals surface area (Å²) in [5.41, 5.74) is 0. The van der Waals surface area contributed by atoms with Gasteiger partial charge in [0.1, 0.15) is 9.84 Å². The van der Waals surface area contributed by atoms with Crippen LogP contribution in [0.25, 0.3) is 0 Å². The van der Waals surface area contributed by atoms with Crippen LogP contribution in [0.15, 0.2) is 11.0 Å². The number of sulfone groups is 1. The number of nitro groups is 1. The van der Waals surface area contributed by atoms with E-state index in [0.29, 0.717) is 10.6 Å². The Bertz CT molecular complexity index is 491. The highest BCUT2D eigenvalue weighted by Gasteiger charge is 2.18. The first-order chi connectivity index (χ1) is 7.29. The van der Waals surface area contributed by atoms with Gasteiger partial charge in [0, 0.05) is 16.9 Å². The highest BCUT2D eigenvalue weighted by Crippen LogP contribution is 2.36. The Morgan fingerprint density at radius 1 is 1.56 bits per heavy atom. The molecule has 1 aromatic heterocycles. The molecule has 8 heteroatoms. The van der Waals surface area contributed by atoms with Gasteiger partial charge in [-0.05, 0) is 13.0 Å². The summed E-state index contributed by atoms with van der Waals surface area (Å²) in [4.78, 5) is 11.7. The van der Waals surface area contributed by atoms with Crippen molar-refractivity contribution in [3.8, 4) is 0 Å². The highest BCUT2D eigenvalue weighted by atomic mass is 32.2. The first-order valence-electron chi connectivity index (χ1n) is 4.35. The van der Waals surface area contributed by atoms with E-state index in [1.165, 1.54) is 11.8 Å². The third-order valence-corrected chi connectivity index (χ3v) is 5.05. The van der Waals surface area contributed by atoms with Gasteiger partial charge in [-0.25, -0.2) is 8.42 Å². The van der Waals surface area contributed by atoms with Crippen molar-refractivity contribution in [1.29, 1.82) is 0 Å². The van der Waals surface area contributed by atoms with E-state index in [1.54, 1.807) is 13.0 Å². The zero-order chi connectivity index (χ0) is 12.3. The van der Waals surface area contributed by atoms with Crippen LogP contribution in [0.4, 0.5) is 5.00 Å². The Morgan fingerprint density at radius 3 is 2.69 bits per heavy atom. The minimum Gasteiger partial charge on any atom is -0.258 e. The molecule has 0 saturated carbocycles. The molecule has 0 atom stereocenters. The second kappa shape index (κ2) is 5.15. The molecule has 0 aliphatic carbocycles. The number of hydrogen-bond donors (Lipinski definition) is 0. The number of hydrogen-bond acceptors (Lipinski definition) is 6. The van der Waals surface area contributed by atoms with Crippen molar-refractivity contribution < 1.29 is 13.3 Å². The predicted molar refractivity (Wildman–Crippen MR) is 66.1 cm³/mol. The molecule has 5 nitrogen and oxygen atoms in total. The molecule has 0 spiro atoms. The normalized spacial score (nSPS) is 11.6. The summed E-state index contributed by atoms with van der Waals surface area (Å²) in [5.74, 6) is 0.375. The van der Waals surface area contributed by atoms with Crippen LogP contribution in [0, 0.1) is 17.0 Å². The largest absolute Gasteiger partial charge is 0.337 e. The van der Waals surface area contributed by atoms with Gasteiger partial charge in [-0.2, -0.15) is 0 Å². The van der Waals surface area contributed by atoms with E-state index < -0.39 is 14.8 Å². The maximum absolute atomic E-state index is 10.9. The number of thioether (sulfide) groups is 1. The van der Waals surface area contributed by atoms with Crippen LogP contribution < -0.4 is 0 Å². The molecular weight excluding hydrogens is 270 g/mol. The molecule has 16 heavy (non-hydrogen) atoms. The Hall–Kier alpha value is -0.600. The van der Waals surface area contributed by atoms with Crippen LogP contribution in [0.1, 0.15) is 4.88 Å². The van der Waals surface area contributed by atoms with Crippen molar-refractivity contribution in [3.63, 3.8) is 0 Å². The summed E-state index contributed by atoms with van der Waals surface area (Å²) in [6, 6.07) is 1.72. The van der Waals surface area contributed by atoms with Crippen molar-refractivity contribution in [3.05, 3.63) is 21.1 Å². The summed E-state index contributed by atoms with van der Waals surface area (Å²) < 4.78 is 21.8. The van der Waals surface area contributed by atoms with Crippen LogP contribution in [0.5, 0.6) is 0 Å². The van der Waals surface area contributed by atoms with Gasteiger partial charge < -0.3 is 0 Å². The maximum atomic E-state index is 10.9. The van der Waals surface area contributed by atoms with Crippen LogP contribution in [-0.2, 0) is 9.84 Å². The average Bonchev–Trinajstić information content (AvgIpc) is 2.44. The van der Waals surface area contributed by atoms with E-state index in [-0.39, 0.29) is 10.8 Å². The smallest absolute Gasteiger partial charge is 0.258 e. The molecule has 0 unspecified atom stereocenters. The summed E-state index contributed by atoms with van der Waals surface area (Å²) in [5, 5.41) is 10.8. The fourth-order valence-electron chi connectivity index (χ4n) is 1.01. The molecule has 0 bridgehead atoms. The predicted octanol–water partition coefficient (Wildman–Crippen LogP) is 2.10. The molecule has 1 aromatic rings. The topological polar surface area (TPSA) is 77.3 Å². The minimum atomic E-state index is -3.01. The van der Waals surface area contributed by atoms with Crippen LogP contribution in [-0.4, -0.2) is 31.1 Å². The lowest BCUT2D eigenvalue weighted by atomic mass is 10.5. The number of aryl methyl sites for hydroxylation is 1. The van der Waals surface area contributed by atoms with E-state index >= 15 is 0 Å². The summed E-state index contributed by atoms with van der Waals surface area (Å²) >= 11 is 2.32. The Balaban J connectivity index is 2.70. The highest BCUT2D eigenvalue weighted by molar-refractivity contribution is 8.00. The van der Waals surface area contributed by atoms with E-state index in [0.717, 1.165) is 22.5 Å². The molecule has 90 valence electrons. The number of thiophene rings is 1. The molecule has 0 aliphatic heterocycles. The van der Waals surface area contributed by atoms with Crippen molar-refractivity contribution >= 4 is 37.9 Å². The molecule has 1 heterocycles. The summed E-state index contributed by atoms with van der Waals surface area (Å²) in [6.07, 6.45) is 1.15.